The summed E-state index contributed by atoms with van der Waals surface area (Å²) in [7, 11) is 0. The Morgan fingerprint density at radius 3 is 2.26 bits per heavy atom. The molecular weight excluding hydrogens is 351 g/mol. The van der Waals surface area contributed by atoms with Gasteiger partial charge < -0.3 is 10.6 Å². The van der Waals surface area contributed by atoms with E-state index in [1.165, 1.54) is 33.7 Å². The van der Waals surface area contributed by atoms with Gasteiger partial charge >= 0.3 is 5.69 Å². The topological polar surface area (TPSA) is 101 Å². The fourth-order valence-corrected chi connectivity index (χ4v) is 2.77. The predicted molar refractivity (Wildman–Crippen MR) is 103 cm³/mol. The average Bonchev–Trinajstić information content (AvgIpc) is 2.57. The number of aromatic amines is 1. The molecule has 1 amide bonds. The molecule has 1 heterocycles. The van der Waals surface area contributed by atoms with E-state index in [0.29, 0.717) is 6.54 Å². The van der Waals surface area contributed by atoms with Gasteiger partial charge in [0.15, 0.2) is 5.69 Å². The number of nitrogens with one attached hydrogen (secondary N) is 1. The summed E-state index contributed by atoms with van der Waals surface area (Å²) in [6.07, 6.45) is 0. The van der Waals surface area contributed by atoms with E-state index in [9.17, 15) is 18.8 Å². The number of anilines is 2. The molecule has 0 aliphatic rings. The van der Waals surface area contributed by atoms with Crippen LogP contribution in [0.15, 0.2) is 33.9 Å². The fraction of sp³-hybridized carbons (Fsp3) is 0.421. The van der Waals surface area contributed by atoms with Crippen LogP contribution in [-0.4, -0.2) is 22.0 Å². The van der Waals surface area contributed by atoms with Crippen molar-refractivity contribution < 1.29 is 9.18 Å². The molecule has 2 rings (SSSR count). The highest BCUT2D eigenvalue weighted by atomic mass is 19.1. The number of hydrogen-bond acceptors (Lipinski definition) is 4. The lowest BCUT2D eigenvalue weighted by Gasteiger charge is -2.26. The second-order valence-electron chi connectivity index (χ2n) is 7.31. The Bertz CT molecular complexity index is 929. The van der Waals surface area contributed by atoms with E-state index in [-0.39, 0.29) is 35.4 Å². The van der Waals surface area contributed by atoms with Crippen LogP contribution in [0.2, 0.25) is 0 Å². The molecule has 0 aliphatic heterocycles. The Morgan fingerprint density at radius 2 is 1.74 bits per heavy atom. The standard InChI is InChI=1S/C19H25FN4O3/c1-11(2)9-23(18(26)13-5-7-14(20)8-6-13)15-16(21)24(10-12(3)4)19(27)22-17(15)25/h5-8,11-12H,9-10,21H2,1-4H3,(H,22,25,27). The number of nitrogen functional groups attached to an aromatic ring is 1. The first-order chi connectivity index (χ1) is 12.6. The van der Waals surface area contributed by atoms with Gasteiger partial charge in [0.2, 0.25) is 0 Å². The molecule has 0 aliphatic carbocycles. The minimum absolute atomic E-state index is 0.0266. The Labute approximate surface area is 156 Å². The smallest absolute Gasteiger partial charge is 0.330 e. The number of rotatable bonds is 6. The lowest BCUT2D eigenvalue weighted by molar-refractivity contribution is 0.0983. The van der Waals surface area contributed by atoms with Gasteiger partial charge in [0.05, 0.1) is 0 Å². The minimum Gasteiger partial charge on any atom is -0.383 e. The molecule has 0 saturated carbocycles. The molecule has 146 valence electrons. The van der Waals surface area contributed by atoms with Crippen molar-refractivity contribution >= 4 is 17.4 Å². The number of amides is 1. The van der Waals surface area contributed by atoms with Crippen LogP contribution in [0.4, 0.5) is 15.9 Å². The van der Waals surface area contributed by atoms with Crippen LogP contribution in [0.1, 0.15) is 38.1 Å². The Morgan fingerprint density at radius 1 is 1.15 bits per heavy atom. The zero-order valence-electron chi connectivity index (χ0n) is 16.0. The molecular formula is C19H25FN4O3. The van der Waals surface area contributed by atoms with E-state index in [0.717, 1.165) is 0 Å². The van der Waals surface area contributed by atoms with Gasteiger partial charge in [0.25, 0.3) is 11.5 Å². The number of H-pyrrole nitrogens is 1. The lowest BCUT2D eigenvalue weighted by Crippen LogP contribution is -2.43. The summed E-state index contributed by atoms with van der Waals surface area (Å²) in [5.74, 6) is -0.886. The van der Waals surface area contributed by atoms with Crippen LogP contribution in [0.3, 0.4) is 0 Å². The molecule has 7 nitrogen and oxygen atoms in total. The van der Waals surface area contributed by atoms with Crippen LogP contribution < -0.4 is 21.9 Å². The van der Waals surface area contributed by atoms with Gasteiger partial charge in [0.1, 0.15) is 11.6 Å². The summed E-state index contributed by atoms with van der Waals surface area (Å²) in [6, 6.07) is 5.04. The Kier molecular flexibility index (Phi) is 6.20. The van der Waals surface area contributed by atoms with E-state index in [1.54, 1.807) is 0 Å². The highest BCUT2D eigenvalue weighted by molar-refractivity contribution is 6.07. The highest BCUT2D eigenvalue weighted by Crippen LogP contribution is 2.21. The number of nitrogens with zero attached hydrogens (tertiary/aromatic N) is 2. The molecule has 0 atom stereocenters. The van der Waals surface area contributed by atoms with Crippen LogP contribution >= 0.6 is 0 Å². The third-order valence-electron chi connectivity index (χ3n) is 3.92. The van der Waals surface area contributed by atoms with Crippen LogP contribution in [-0.2, 0) is 6.54 Å². The summed E-state index contributed by atoms with van der Waals surface area (Å²) in [4.78, 5) is 41.2. The first-order valence-corrected chi connectivity index (χ1v) is 8.81. The first-order valence-electron chi connectivity index (χ1n) is 8.81. The summed E-state index contributed by atoms with van der Waals surface area (Å²) in [5, 5.41) is 0. The van der Waals surface area contributed by atoms with Crippen molar-refractivity contribution in [1.29, 1.82) is 0 Å². The molecule has 8 heteroatoms. The van der Waals surface area contributed by atoms with Crippen molar-refractivity contribution in [2.24, 2.45) is 11.8 Å². The first kappa shape index (κ1) is 20.4. The van der Waals surface area contributed by atoms with E-state index < -0.39 is 23.0 Å². The van der Waals surface area contributed by atoms with Crippen molar-refractivity contribution in [3.63, 3.8) is 0 Å². The molecule has 0 saturated heterocycles. The molecule has 27 heavy (non-hydrogen) atoms. The maximum Gasteiger partial charge on any atom is 0.330 e. The SMILES string of the molecule is CC(C)CN(C(=O)c1ccc(F)cc1)c1c(N)n(CC(C)C)c(=O)[nH]c1=O. The van der Waals surface area contributed by atoms with Crippen LogP contribution in [0.5, 0.6) is 0 Å². The Hall–Kier alpha value is -2.90. The molecule has 0 fully saturated rings. The monoisotopic (exact) mass is 376 g/mol. The third kappa shape index (κ3) is 4.64. The normalized spacial score (nSPS) is 11.2. The van der Waals surface area contributed by atoms with Crippen molar-refractivity contribution in [1.82, 2.24) is 9.55 Å². The number of carbonyl (C=O) groups excluding carboxylic acids is 1. The lowest BCUT2D eigenvalue weighted by atomic mass is 10.1. The van der Waals surface area contributed by atoms with Gasteiger partial charge in [-0.3, -0.25) is 19.1 Å². The molecule has 3 N–H and O–H groups in total. The van der Waals surface area contributed by atoms with Crippen LogP contribution in [0.25, 0.3) is 0 Å². The van der Waals surface area contributed by atoms with Gasteiger partial charge in [0, 0.05) is 18.7 Å². The molecule has 0 spiro atoms. The minimum atomic E-state index is -0.728. The van der Waals surface area contributed by atoms with E-state index >= 15 is 0 Å². The maximum atomic E-state index is 13.2. The summed E-state index contributed by atoms with van der Waals surface area (Å²) in [5.41, 5.74) is 4.94. The summed E-state index contributed by atoms with van der Waals surface area (Å²) < 4.78 is 14.4. The number of hydrogen-bond donors (Lipinski definition) is 2. The molecule has 1 aromatic heterocycles. The van der Waals surface area contributed by atoms with Crippen molar-refractivity contribution in [3.05, 3.63) is 56.5 Å². The van der Waals surface area contributed by atoms with Gasteiger partial charge in [-0.05, 0) is 36.1 Å². The molecule has 0 radical (unpaired) electrons. The highest BCUT2D eigenvalue weighted by Gasteiger charge is 2.26. The van der Waals surface area contributed by atoms with E-state index in [1.807, 2.05) is 27.7 Å². The van der Waals surface area contributed by atoms with Gasteiger partial charge in [-0.1, -0.05) is 27.7 Å². The van der Waals surface area contributed by atoms with E-state index in [4.69, 9.17) is 5.73 Å². The van der Waals surface area contributed by atoms with Crippen molar-refractivity contribution in [2.45, 2.75) is 34.2 Å². The quantitative estimate of drug-likeness (QED) is 0.807. The molecule has 0 unspecified atom stereocenters. The molecule has 1 aromatic carbocycles. The number of benzene rings is 1. The van der Waals surface area contributed by atoms with Crippen LogP contribution in [0, 0.1) is 17.7 Å². The zero-order chi connectivity index (χ0) is 20.3. The van der Waals surface area contributed by atoms with Crippen molar-refractivity contribution in [3.8, 4) is 0 Å². The number of carbonyl (C=O) groups is 1. The zero-order valence-corrected chi connectivity index (χ0v) is 16.0. The number of aromatic nitrogens is 2. The second kappa shape index (κ2) is 8.20. The fourth-order valence-electron chi connectivity index (χ4n) is 2.77. The summed E-state index contributed by atoms with van der Waals surface area (Å²) in [6.45, 7) is 8.11. The summed E-state index contributed by atoms with van der Waals surface area (Å²) >= 11 is 0. The van der Waals surface area contributed by atoms with Crippen molar-refractivity contribution in [2.75, 3.05) is 17.2 Å². The number of halogens is 1. The molecule has 2 aromatic rings. The van der Waals surface area contributed by atoms with Gasteiger partial charge in [-0.15, -0.1) is 0 Å². The third-order valence-corrected chi connectivity index (χ3v) is 3.92. The maximum absolute atomic E-state index is 13.2. The predicted octanol–water partition coefficient (Wildman–Crippen LogP) is 2.22. The second-order valence-corrected chi connectivity index (χ2v) is 7.31. The Balaban J connectivity index is 2.63. The number of nitrogens with two attached hydrogens (primary N) is 1. The average molecular weight is 376 g/mol. The van der Waals surface area contributed by atoms with Gasteiger partial charge in [-0.2, -0.15) is 0 Å². The van der Waals surface area contributed by atoms with E-state index in [2.05, 4.69) is 4.98 Å². The molecule has 0 bridgehead atoms. The largest absolute Gasteiger partial charge is 0.383 e. The van der Waals surface area contributed by atoms with Gasteiger partial charge in [-0.25, -0.2) is 9.18 Å².